The fourth-order valence-corrected chi connectivity index (χ4v) is 3.21. The normalized spacial score (nSPS) is 10.1. The van der Waals surface area contributed by atoms with Crippen LogP contribution in [-0.2, 0) is 0 Å². The van der Waals surface area contributed by atoms with Crippen LogP contribution in [0.2, 0.25) is 5.02 Å². The van der Waals surface area contributed by atoms with Crippen LogP contribution in [0.25, 0.3) is 11.1 Å². The Labute approximate surface area is 108 Å². The summed E-state index contributed by atoms with van der Waals surface area (Å²) in [6.07, 6.45) is 1.98. The summed E-state index contributed by atoms with van der Waals surface area (Å²) in [6.45, 7) is 0. The molecular weight excluding hydrogens is 258 g/mol. The summed E-state index contributed by atoms with van der Waals surface area (Å²) in [6, 6.07) is 9.83. The Balaban J connectivity index is 2.52. The highest BCUT2D eigenvalue weighted by Gasteiger charge is 2.11. The molecule has 0 atom stereocenters. The van der Waals surface area contributed by atoms with Crippen LogP contribution in [0, 0.1) is 11.3 Å². The minimum Gasteiger partial charge on any atom is -0.192 e. The minimum atomic E-state index is 0.711. The van der Waals surface area contributed by atoms with Gasteiger partial charge in [-0.05, 0) is 24.0 Å². The minimum absolute atomic E-state index is 0.711. The van der Waals surface area contributed by atoms with Crippen molar-refractivity contribution in [2.24, 2.45) is 0 Å². The quantitative estimate of drug-likeness (QED) is 0.737. The monoisotopic (exact) mass is 265 g/mol. The smallest absolute Gasteiger partial charge is 0.102 e. The van der Waals surface area contributed by atoms with Gasteiger partial charge in [-0.2, -0.15) is 5.26 Å². The summed E-state index contributed by atoms with van der Waals surface area (Å²) in [5.41, 5.74) is 2.80. The maximum atomic E-state index is 9.15. The lowest BCUT2D eigenvalue weighted by molar-refractivity contribution is 1.46. The lowest BCUT2D eigenvalue weighted by Crippen LogP contribution is -1.79. The fraction of sp³-hybridized carbons (Fsp3) is 0.0833. The lowest BCUT2D eigenvalue weighted by atomic mass is 10.1. The first-order valence-electron chi connectivity index (χ1n) is 4.57. The fourth-order valence-electron chi connectivity index (χ4n) is 1.44. The average molecular weight is 266 g/mol. The van der Waals surface area contributed by atoms with Crippen molar-refractivity contribution in [3.8, 4) is 17.2 Å². The molecule has 1 heterocycles. The van der Waals surface area contributed by atoms with Crippen molar-refractivity contribution in [2.75, 3.05) is 6.26 Å². The zero-order chi connectivity index (χ0) is 11.5. The van der Waals surface area contributed by atoms with Crippen LogP contribution >= 0.6 is 34.7 Å². The third-order valence-electron chi connectivity index (χ3n) is 2.21. The van der Waals surface area contributed by atoms with Gasteiger partial charge in [0.2, 0.25) is 0 Å². The molecule has 0 aliphatic heterocycles. The largest absolute Gasteiger partial charge is 0.192 e. The Morgan fingerprint density at radius 1 is 1.31 bits per heavy atom. The number of hydrogen-bond donors (Lipinski definition) is 0. The van der Waals surface area contributed by atoms with Crippen molar-refractivity contribution < 1.29 is 0 Å². The van der Waals surface area contributed by atoms with Crippen LogP contribution in [-0.4, -0.2) is 6.26 Å². The van der Waals surface area contributed by atoms with Crippen LogP contribution in [0.5, 0.6) is 0 Å². The number of nitriles is 1. The van der Waals surface area contributed by atoms with E-state index in [0.717, 1.165) is 20.9 Å². The van der Waals surface area contributed by atoms with E-state index in [1.54, 1.807) is 23.1 Å². The molecule has 1 aromatic carbocycles. The Kier molecular flexibility index (Phi) is 3.55. The van der Waals surface area contributed by atoms with Gasteiger partial charge in [0.05, 0.1) is 9.77 Å². The summed E-state index contributed by atoms with van der Waals surface area (Å²) >= 11 is 9.05. The first-order valence-corrected chi connectivity index (χ1v) is 7.06. The van der Waals surface area contributed by atoms with Gasteiger partial charge in [-0.25, -0.2) is 0 Å². The highest BCUT2D eigenvalue weighted by Crippen LogP contribution is 2.36. The molecule has 16 heavy (non-hydrogen) atoms. The molecule has 0 saturated heterocycles. The molecule has 4 heteroatoms. The van der Waals surface area contributed by atoms with Gasteiger partial charge in [0.25, 0.3) is 0 Å². The van der Waals surface area contributed by atoms with E-state index in [1.165, 1.54) is 0 Å². The van der Waals surface area contributed by atoms with E-state index < -0.39 is 0 Å². The van der Waals surface area contributed by atoms with E-state index in [4.69, 9.17) is 16.9 Å². The molecular formula is C12H8ClNS2. The molecule has 0 fully saturated rings. The van der Waals surface area contributed by atoms with Crippen LogP contribution < -0.4 is 0 Å². The lowest BCUT2D eigenvalue weighted by Gasteiger charge is -1.99. The number of thiophene rings is 1. The summed E-state index contributed by atoms with van der Waals surface area (Å²) < 4.78 is 1.06. The van der Waals surface area contributed by atoms with E-state index in [0.29, 0.717) is 5.02 Å². The van der Waals surface area contributed by atoms with Crippen molar-refractivity contribution >= 4 is 34.7 Å². The highest BCUT2D eigenvalue weighted by molar-refractivity contribution is 8.00. The zero-order valence-corrected chi connectivity index (χ0v) is 10.9. The number of hydrogen-bond acceptors (Lipinski definition) is 3. The Morgan fingerprint density at radius 3 is 2.56 bits per heavy atom. The summed E-state index contributed by atoms with van der Waals surface area (Å²) in [5.74, 6) is 0. The van der Waals surface area contributed by atoms with Gasteiger partial charge < -0.3 is 0 Å². The molecule has 0 radical (unpaired) electrons. The summed E-state index contributed by atoms with van der Waals surface area (Å²) in [7, 11) is 0. The number of nitrogens with zero attached hydrogens (tertiary/aromatic N) is 1. The van der Waals surface area contributed by atoms with Gasteiger partial charge in [0.15, 0.2) is 0 Å². The van der Waals surface area contributed by atoms with E-state index >= 15 is 0 Å². The summed E-state index contributed by atoms with van der Waals surface area (Å²) in [4.78, 5) is 0. The molecule has 0 aliphatic rings. The first-order chi connectivity index (χ1) is 7.76. The zero-order valence-electron chi connectivity index (χ0n) is 8.53. The molecule has 0 N–H and O–H groups in total. The number of thioether (sulfide) groups is 1. The Morgan fingerprint density at radius 2 is 2.00 bits per heavy atom. The number of rotatable bonds is 2. The molecule has 0 spiro atoms. The molecule has 0 bridgehead atoms. The van der Waals surface area contributed by atoms with Crippen molar-refractivity contribution in [1.82, 2.24) is 0 Å². The van der Waals surface area contributed by atoms with Gasteiger partial charge in [-0.1, -0.05) is 23.7 Å². The maximum absolute atomic E-state index is 9.15. The maximum Gasteiger partial charge on any atom is 0.102 e. The predicted molar refractivity (Wildman–Crippen MR) is 71.3 cm³/mol. The molecule has 80 valence electrons. The molecule has 2 aromatic rings. The molecule has 1 aromatic heterocycles. The van der Waals surface area contributed by atoms with Crippen molar-refractivity contribution in [3.63, 3.8) is 0 Å². The van der Waals surface area contributed by atoms with E-state index in [9.17, 15) is 0 Å². The molecule has 1 nitrogen and oxygen atoms in total. The van der Waals surface area contributed by atoms with Crippen LogP contribution in [0.3, 0.4) is 0 Å². The van der Waals surface area contributed by atoms with Crippen molar-refractivity contribution in [2.45, 2.75) is 4.21 Å². The van der Waals surface area contributed by atoms with Crippen LogP contribution in [0.15, 0.2) is 33.9 Å². The van der Waals surface area contributed by atoms with Gasteiger partial charge in [0.1, 0.15) is 6.07 Å². The number of halogens is 1. The number of benzene rings is 1. The third kappa shape index (κ3) is 2.10. The average Bonchev–Trinajstić information content (AvgIpc) is 2.72. The van der Waals surface area contributed by atoms with Gasteiger partial charge in [-0.15, -0.1) is 23.1 Å². The first kappa shape index (κ1) is 11.5. The molecule has 0 amide bonds. The predicted octanol–water partition coefficient (Wildman–Crippen LogP) is 4.66. The third-order valence-corrected chi connectivity index (χ3v) is 4.60. The van der Waals surface area contributed by atoms with Gasteiger partial charge in [0, 0.05) is 16.0 Å². The highest BCUT2D eigenvalue weighted by atomic mass is 35.5. The molecule has 2 rings (SSSR count). The topological polar surface area (TPSA) is 23.8 Å². The summed E-state index contributed by atoms with van der Waals surface area (Å²) in [5, 5.41) is 11.9. The SMILES string of the molecule is CSc1scc(-c2ccc(Cl)cc2)c1C#N. The van der Waals surface area contributed by atoms with E-state index in [1.807, 2.05) is 35.9 Å². The molecule has 0 saturated carbocycles. The van der Waals surface area contributed by atoms with Gasteiger partial charge in [-0.3, -0.25) is 0 Å². The Hall–Kier alpha value is -0.950. The van der Waals surface area contributed by atoms with Crippen LogP contribution in [0.4, 0.5) is 0 Å². The standard InChI is InChI=1S/C12H8ClNS2/c1-15-12-10(6-14)11(7-16-12)8-2-4-9(13)5-3-8/h2-5,7H,1H3. The van der Waals surface area contributed by atoms with Crippen molar-refractivity contribution in [3.05, 3.63) is 40.2 Å². The second kappa shape index (κ2) is 4.92. The van der Waals surface area contributed by atoms with Crippen molar-refractivity contribution in [1.29, 1.82) is 5.26 Å². The van der Waals surface area contributed by atoms with Crippen LogP contribution in [0.1, 0.15) is 5.56 Å². The van der Waals surface area contributed by atoms with E-state index in [-0.39, 0.29) is 0 Å². The molecule has 0 aliphatic carbocycles. The van der Waals surface area contributed by atoms with Gasteiger partial charge >= 0.3 is 0 Å². The Bertz CT molecular complexity index is 537. The second-order valence-electron chi connectivity index (χ2n) is 3.13. The second-order valence-corrected chi connectivity index (χ2v) is 5.53. The van der Waals surface area contributed by atoms with E-state index in [2.05, 4.69) is 6.07 Å². The molecule has 0 unspecified atom stereocenters.